The summed E-state index contributed by atoms with van der Waals surface area (Å²) in [5.41, 5.74) is 2.85. The molecule has 0 aliphatic rings. The summed E-state index contributed by atoms with van der Waals surface area (Å²) >= 11 is 5.82. The van der Waals surface area contributed by atoms with Crippen molar-refractivity contribution in [1.82, 2.24) is 4.98 Å². The van der Waals surface area contributed by atoms with Crippen molar-refractivity contribution < 1.29 is 17.6 Å². The molecule has 0 bridgehead atoms. The molecule has 0 spiro atoms. The smallest absolute Gasteiger partial charge is 0.226 e. The van der Waals surface area contributed by atoms with Crippen LogP contribution < -0.4 is 0 Å². The Morgan fingerprint density at radius 2 is 1.75 bits per heavy atom. The fourth-order valence-corrected chi connectivity index (χ4v) is 4.38. The molecule has 7 heteroatoms. The van der Waals surface area contributed by atoms with Crippen LogP contribution in [0.5, 0.6) is 0 Å². The van der Waals surface area contributed by atoms with Gasteiger partial charge < -0.3 is 4.42 Å². The molecule has 5 nitrogen and oxygen atoms in total. The van der Waals surface area contributed by atoms with Gasteiger partial charge in [-0.2, -0.15) is 0 Å². The van der Waals surface area contributed by atoms with Gasteiger partial charge in [-0.05, 0) is 43.2 Å². The van der Waals surface area contributed by atoms with E-state index in [-0.39, 0.29) is 18.0 Å². The molecule has 3 aromatic rings. The van der Waals surface area contributed by atoms with E-state index in [1.54, 1.807) is 31.2 Å². The molecule has 0 saturated heterocycles. The normalized spacial score (nSPS) is 11.5. The average Bonchev–Trinajstić information content (AvgIpc) is 2.96. The van der Waals surface area contributed by atoms with Crippen molar-refractivity contribution in [2.45, 2.75) is 26.0 Å². The lowest BCUT2D eigenvalue weighted by Gasteiger charge is -2.03. The molecule has 3 rings (SSSR count). The van der Waals surface area contributed by atoms with Crippen LogP contribution in [0, 0.1) is 13.8 Å². The summed E-state index contributed by atoms with van der Waals surface area (Å²) in [5.74, 6) is -0.426. The highest BCUT2D eigenvalue weighted by atomic mass is 35.5. The van der Waals surface area contributed by atoms with Gasteiger partial charge in [0, 0.05) is 17.0 Å². The molecule has 146 valence electrons. The second-order valence-corrected chi connectivity index (χ2v) is 9.21. The number of ketones is 1. The molecule has 0 N–H and O–H groups in total. The molecule has 0 saturated carbocycles. The second-order valence-electron chi connectivity index (χ2n) is 6.71. The number of Topliss-reactive ketones (excluding diaryl/α,β-unsaturated/α-hetero) is 1. The second kappa shape index (κ2) is 8.29. The van der Waals surface area contributed by atoms with Crippen molar-refractivity contribution in [3.05, 3.63) is 76.1 Å². The molecule has 0 atom stereocenters. The number of oxazole rings is 1. The Labute approximate surface area is 169 Å². The average molecular weight is 418 g/mol. The minimum Gasteiger partial charge on any atom is -0.441 e. The summed E-state index contributed by atoms with van der Waals surface area (Å²) in [5, 5.41) is 0.565. The number of nitrogens with zero attached hydrogens (tertiary/aromatic N) is 1. The molecular weight excluding hydrogens is 398 g/mol. The zero-order chi connectivity index (χ0) is 20.3. The molecule has 1 heterocycles. The van der Waals surface area contributed by atoms with Crippen molar-refractivity contribution in [2.24, 2.45) is 0 Å². The van der Waals surface area contributed by atoms with Gasteiger partial charge in [0.15, 0.2) is 15.6 Å². The molecule has 0 unspecified atom stereocenters. The highest BCUT2D eigenvalue weighted by Gasteiger charge is 2.22. The van der Waals surface area contributed by atoms with Crippen molar-refractivity contribution in [1.29, 1.82) is 0 Å². The fraction of sp³-hybridized carbons (Fsp3) is 0.238. The topological polar surface area (TPSA) is 77.2 Å². The van der Waals surface area contributed by atoms with Gasteiger partial charge in [0.1, 0.15) is 11.5 Å². The van der Waals surface area contributed by atoms with Gasteiger partial charge in [-0.25, -0.2) is 13.4 Å². The van der Waals surface area contributed by atoms with Gasteiger partial charge in [0.25, 0.3) is 0 Å². The minimum atomic E-state index is -3.66. The lowest BCUT2D eigenvalue weighted by atomic mass is 10.1. The van der Waals surface area contributed by atoms with Gasteiger partial charge in [0.2, 0.25) is 5.89 Å². The molecular formula is C21H20ClNO4S. The quantitative estimate of drug-likeness (QED) is 0.571. The third kappa shape index (κ3) is 5.09. The number of carbonyl (C=O) groups is 1. The number of hydrogen-bond acceptors (Lipinski definition) is 5. The Balaban J connectivity index is 1.71. The number of aryl methyl sites for hydroxylation is 2. The molecule has 0 aliphatic carbocycles. The monoisotopic (exact) mass is 417 g/mol. The molecule has 0 amide bonds. The largest absolute Gasteiger partial charge is 0.441 e. The first-order chi connectivity index (χ1) is 13.2. The number of hydrogen-bond donors (Lipinski definition) is 0. The Bertz CT molecular complexity index is 1100. The Hall–Kier alpha value is -2.44. The Morgan fingerprint density at radius 3 is 2.43 bits per heavy atom. The van der Waals surface area contributed by atoms with Crippen molar-refractivity contribution >= 4 is 27.2 Å². The van der Waals surface area contributed by atoms with Crippen molar-refractivity contribution in [3.63, 3.8) is 0 Å². The van der Waals surface area contributed by atoms with E-state index >= 15 is 0 Å². The van der Waals surface area contributed by atoms with Crippen LogP contribution in [0.2, 0.25) is 5.02 Å². The molecule has 28 heavy (non-hydrogen) atoms. The van der Waals surface area contributed by atoms with E-state index in [0.717, 1.165) is 16.7 Å². The van der Waals surface area contributed by atoms with Gasteiger partial charge in [-0.1, -0.05) is 41.9 Å². The van der Waals surface area contributed by atoms with Crippen LogP contribution in [-0.4, -0.2) is 24.9 Å². The van der Waals surface area contributed by atoms with E-state index in [9.17, 15) is 13.2 Å². The first-order valence-electron chi connectivity index (χ1n) is 8.72. The standard InChI is InChI=1S/C21H20ClNO4S/c1-14-5-3-4-6-19(14)21-23-20(15(2)27-21)13-28(25,26)12-18(24)11-16-7-9-17(22)10-8-16/h3-10H,11-13H2,1-2H3. The van der Waals surface area contributed by atoms with E-state index in [1.807, 2.05) is 31.2 Å². The molecule has 0 fully saturated rings. The molecule has 0 aliphatic heterocycles. The van der Waals surface area contributed by atoms with Gasteiger partial charge in [-0.3, -0.25) is 4.79 Å². The first-order valence-corrected chi connectivity index (χ1v) is 10.9. The van der Waals surface area contributed by atoms with Crippen LogP contribution in [-0.2, 0) is 26.8 Å². The van der Waals surface area contributed by atoms with Crippen LogP contribution in [0.15, 0.2) is 52.9 Å². The fourth-order valence-electron chi connectivity index (χ4n) is 2.88. The maximum Gasteiger partial charge on any atom is 0.226 e. The highest BCUT2D eigenvalue weighted by molar-refractivity contribution is 7.91. The van der Waals surface area contributed by atoms with Crippen LogP contribution in [0.3, 0.4) is 0 Å². The Kier molecular flexibility index (Phi) is 6.01. The zero-order valence-corrected chi connectivity index (χ0v) is 17.2. The first kappa shape index (κ1) is 20.3. The maximum atomic E-state index is 12.5. The van der Waals surface area contributed by atoms with Crippen molar-refractivity contribution in [2.75, 3.05) is 5.75 Å². The molecule has 0 radical (unpaired) electrons. The van der Waals surface area contributed by atoms with E-state index in [1.165, 1.54) is 0 Å². The van der Waals surface area contributed by atoms with Crippen molar-refractivity contribution in [3.8, 4) is 11.5 Å². The van der Waals surface area contributed by atoms with Crippen LogP contribution in [0.4, 0.5) is 0 Å². The summed E-state index contributed by atoms with van der Waals surface area (Å²) in [6.45, 7) is 3.61. The minimum absolute atomic E-state index is 0.0443. The Morgan fingerprint density at radius 1 is 1.07 bits per heavy atom. The number of rotatable bonds is 7. The van der Waals surface area contributed by atoms with Gasteiger partial charge >= 0.3 is 0 Å². The number of sulfone groups is 1. The summed E-state index contributed by atoms with van der Waals surface area (Å²) in [4.78, 5) is 16.6. The maximum absolute atomic E-state index is 12.5. The molecule has 2 aromatic carbocycles. The number of carbonyl (C=O) groups excluding carboxylic acids is 1. The summed E-state index contributed by atoms with van der Waals surface area (Å²) in [6, 6.07) is 14.3. The predicted molar refractivity (Wildman–Crippen MR) is 109 cm³/mol. The van der Waals surface area contributed by atoms with E-state index in [2.05, 4.69) is 4.98 Å². The highest BCUT2D eigenvalue weighted by Crippen LogP contribution is 2.25. The third-order valence-electron chi connectivity index (χ3n) is 4.32. The van der Waals surface area contributed by atoms with Gasteiger partial charge in [0.05, 0.1) is 11.4 Å². The zero-order valence-electron chi connectivity index (χ0n) is 15.6. The van der Waals surface area contributed by atoms with Crippen LogP contribution in [0.1, 0.15) is 22.6 Å². The lowest BCUT2D eigenvalue weighted by molar-refractivity contribution is -0.116. The van der Waals surface area contributed by atoms with Crippen LogP contribution in [0.25, 0.3) is 11.5 Å². The molecule has 1 aromatic heterocycles. The van der Waals surface area contributed by atoms with Gasteiger partial charge in [-0.15, -0.1) is 0 Å². The number of aromatic nitrogens is 1. The van der Waals surface area contributed by atoms with E-state index in [0.29, 0.717) is 22.4 Å². The number of halogens is 1. The van der Waals surface area contributed by atoms with Crippen LogP contribution >= 0.6 is 11.6 Å². The summed E-state index contributed by atoms with van der Waals surface area (Å²) in [6.07, 6.45) is 0.0443. The summed E-state index contributed by atoms with van der Waals surface area (Å²) in [7, 11) is -3.66. The lowest BCUT2D eigenvalue weighted by Crippen LogP contribution is -2.19. The van der Waals surface area contributed by atoms with E-state index in [4.69, 9.17) is 16.0 Å². The third-order valence-corrected chi connectivity index (χ3v) is 6.05. The SMILES string of the molecule is Cc1ccccc1-c1nc(CS(=O)(=O)CC(=O)Cc2ccc(Cl)cc2)c(C)o1. The summed E-state index contributed by atoms with van der Waals surface area (Å²) < 4.78 is 30.7. The predicted octanol–water partition coefficient (Wildman–Crippen LogP) is 4.34. The van der Waals surface area contributed by atoms with E-state index < -0.39 is 15.6 Å². The number of benzene rings is 2.